The quantitative estimate of drug-likeness (QED) is 0.497. The van der Waals surface area contributed by atoms with Gasteiger partial charge in [-0.1, -0.05) is 49.6 Å². The van der Waals surface area contributed by atoms with E-state index < -0.39 is 0 Å². The topological polar surface area (TPSA) is 42.0 Å². The fourth-order valence-corrected chi connectivity index (χ4v) is 4.86. The Balaban J connectivity index is 1.39. The molecule has 3 nitrogen and oxygen atoms in total. The molecule has 138 valence electrons. The fourth-order valence-electron chi connectivity index (χ4n) is 3.52. The number of rotatable bonds is 5. The van der Waals surface area contributed by atoms with Gasteiger partial charge >= 0.3 is 0 Å². The molecule has 4 rings (SSSR count). The number of hydrogen-bond acceptors (Lipinski definition) is 4. The molecule has 0 radical (unpaired) electrons. The van der Waals surface area contributed by atoms with E-state index >= 15 is 0 Å². The third-order valence-electron chi connectivity index (χ3n) is 4.96. The second kappa shape index (κ2) is 8.63. The number of hydrogen-bond donors (Lipinski definition) is 1. The Hall–Kier alpha value is -2.24. The smallest absolute Gasteiger partial charge is 0.250 e. The monoisotopic (exact) mass is 394 g/mol. The predicted octanol–water partition coefficient (Wildman–Crippen LogP) is 6.57. The van der Waals surface area contributed by atoms with Gasteiger partial charge in [-0.05, 0) is 41.8 Å². The van der Waals surface area contributed by atoms with E-state index in [-0.39, 0.29) is 5.91 Å². The molecule has 2 heterocycles. The van der Waals surface area contributed by atoms with Crippen LogP contribution in [0.3, 0.4) is 0 Å². The Morgan fingerprint density at radius 1 is 1.07 bits per heavy atom. The van der Waals surface area contributed by atoms with Crippen molar-refractivity contribution in [2.45, 2.75) is 38.0 Å². The van der Waals surface area contributed by atoms with E-state index in [9.17, 15) is 4.79 Å². The highest BCUT2D eigenvalue weighted by atomic mass is 32.1. The number of carbonyl (C=O) groups excluding carboxylic acids is 1. The molecule has 0 bridgehead atoms. The summed E-state index contributed by atoms with van der Waals surface area (Å²) in [5.74, 6) is 0.560. The van der Waals surface area contributed by atoms with Crippen LogP contribution in [0.1, 0.15) is 48.5 Å². The van der Waals surface area contributed by atoms with Crippen LogP contribution in [0.5, 0.6) is 0 Å². The van der Waals surface area contributed by atoms with Gasteiger partial charge in [-0.3, -0.25) is 10.1 Å². The molecule has 1 aliphatic rings. The molecule has 0 unspecified atom stereocenters. The molecule has 1 amide bonds. The molecular weight excluding hydrogens is 372 g/mol. The third-order valence-corrected chi connectivity index (χ3v) is 6.55. The zero-order valence-electron chi connectivity index (χ0n) is 15.1. The number of nitrogens with zero attached hydrogens (tertiary/aromatic N) is 1. The van der Waals surface area contributed by atoms with Crippen molar-refractivity contribution in [3.05, 3.63) is 63.7 Å². The molecule has 1 aliphatic carbocycles. The number of benzene rings is 1. The molecule has 27 heavy (non-hydrogen) atoms. The number of carbonyl (C=O) groups is 1. The zero-order valence-corrected chi connectivity index (χ0v) is 16.7. The van der Waals surface area contributed by atoms with Crippen LogP contribution in [0.2, 0.25) is 0 Å². The van der Waals surface area contributed by atoms with Crippen LogP contribution in [-0.2, 0) is 4.79 Å². The molecule has 1 fully saturated rings. The number of aromatic nitrogens is 1. The summed E-state index contributed by atoms with van der Waals surface area (Å²) in [6.07, 6.45) is 10.1. The highest BCUT2D eigenvalue weighted by molar-refractivity contribution is 7.14. The lowest BCUT2D eigenvalue weighted by Gasteiger charge is -2.22. The van der Waals surface area contributed by atoms with Gasteiger partial charge in [0.2, 0.25) is 5.91 Å². The molecule has 3 aromatic rings. The zero-order chi connectivity index (χ0) is 18.5. The average Bonchev–Trinajstić information content (AvgIpc) is 3.39. The predicted molar refractivity (Wildman–Crippen MR) is 115 cm³/mol. The number of anilines is 1. The summed E-state index contributed by atoms with van der Waals surface area (Å²) in [5.41, 5.74) is 3.45. The maximum Gasteiger partial charge on any atom is 0.250 e. The van der Waals surface area contributed by atoms with Crippen molar-refractivity contribution in [2.75, 3.05) is 5.32 Å². The van der Waals surface area contributed by atoms with Crippen molar-refractivity contribution in [1.82, 2.24) is 4.98 Å². The third kappa shape index (κ3) is 4.73. The molecule has 0 atom stereocenters. The maximum absolute atomic E-state index is 12.0. The van der Waals surface area contributed by atoms with Gasteiger partial charge in [0.1, 0.15) is 0 Å². The summed E-state index contributed by atoms with van der Waals surface area (Å²) in [7, 11) is 0. The summed E-state index contributed by atoms with van der Waals surface area (Å²) in [6, 6.07) is 12.7. The maximum atomic E-state index is 12.0. The molecule has 0 aliphatic heterocycles. The van der Waals surface area contributed by atoms with E-state index in [2.05, 4.69) is 34.6 Å². The Bertz CT molecular complexity index is 904. The van der Waals surface area contributed by atoms with Crippen molar-refractivity contribution in [1.29, 1.82) is 0 Å². The SMILES string of the molecule is O=C(C=Cc1cccs1)Nc1nc(-c2ccc(C3CCCCC3)cc2)cs1. The minimum absolute atomic E-state index is 0.156. The summed E-state index contributed by atoms with van der Waals surface area (Å²) < 4.78 is 0. The first-order chi connectivity index (χ1) is 13.3. The first-order valence-corrected chi connectivity index (χ1v) is 11.1. The standard InChI is InChI=1S/C22H22N2OS2/c25-21(13-12-19-7-4-14-26-19)24-22-23-20(15-27-22)18-10-8-17(9-11-18)16-5-2-1-3-6-16/h4,7-16H,1-3,5-6H2,(H,23,24,25). The van der Waals surface area contributed by atoms with Gasteiger partial charge in [-0.2, -0.15) is 0 Å². The van der Waals surface area contributed by atoms with Crippen LogP contribution >= 0.6 is 22.7 Å². The van der Waals surface area contributed by atoms with Gasteiger partial charge in [0.25, 0.3) is 0 Å². The molecule has 2 aromatic heterocycles. The fraction of sp³-hybridized carbons (Fsp3) is 0.273. The first kappa shape index (κ1) is 18.1. The van der Waals surface area contributed by atoms with E-state index in [0.717, 1.165) is 16.1 Å². The van der Waals surface area contributed by atoms with Crippen LogP contribution in [0.4, 0.5) is 5.13 Å². The lowest BCUT2D eigenvalue weighted by molar-refractivity contribution is -0.111. The summed E-state index contributed by atoms with van der Waals surface area (Å²) >= 11 is 3.06. The van der Waals surface area contributed by atoms with Crippen molar-refractivity contribution >= 4 is 39.8 Å². The van der Waals surface area contributed by atoms with Gasteiger partial charge in [0, 0.05) is 21.9 Å². The first-order valence-electron chi connectivity index (χ1n) is 9.36. The molecule has 1 N–H and O–H groups in total. The summed E-state index contributed by atoms with van der Waals surface area (Å²) in [5, 5.41) is 7.46. The van der Waals surface area contributed by atoms with Crippen molar-refractivity contribution in [3.63, 3.8) is 0 Å². The van der Waals surface area contributed by atoms with E-state index in [1.54, 1.807) is 17.4 Å². The second-order valence-corrected chi connectivity index (χ2v) is 8.67. The highest BCUT2D eigenvalue weighted by Crippen LogP contribution is 2.34. The number of nitrogens with one attached hydrogen (secondary N) is 1. The van der Waals surface area contributed by atoms with E-state index in [4.69, 9.17) is 0 Å². The van der Waals surface area contributed by atoms with E-state index in [1.807, 2.05) is 29.0 Å². The molecule has 0 spiro atoms. The van der Waals surface area contributed by atoms with Gasteiger partial charge in [-0.25, -0.2) is 4.98 Å². The van der Waals surface area contributed by atoms with Crippen molar-refractivity contribution in [2.24, 2.45) is 0 Å². The van der Waals surface area contributed by atoms with Gasteiger partial charge in [0.05, 0.1) is 5.69 Å². The largest absolute Gasteiger partial charge is 0.298 e. The summed E-state index contributed by atoms with van der Waals surface area (Å²) in [4.78, 5) is 17.7. The van der Waals surface area contributed by atoms with Crippen LogP contribution in [0, 0.1) is 0 Å². The normalized spacial score (nSPS) is 15.3. The number of thiazole rings is 1. The van der Waals surface area contributed by atoms with Crippen molar-refractivity contribution < 1.29 is 4.79 Å². The second-order valence-electron chi connectivity index (χ2n) is 6.83. The van der Waals surface area contributed by atoms with Gasteiger partial charge < -0.3 is 0 Å². The van der Waals surface area contributed by atoms with Gasteiger partial charge in [0.15, 0.2) is 5.13 Å². The van der Waals surface area contributed by atoms with Crippen LogP contribution in [0.25, 0.3) is 17.3 Å². The number of amides is 1. The number of thiophene rings is 1. The molecular formula is C22H22N2OS2. The Labute approximate surface area is 167 Å². The van der Waals surface area contributed by atoms with Crippen LogP contribution in [0.15, 0.2) is 53.2 Å². The average molecular weight is 395 g/mol. The minimum Gasteiger partial charge on any atom is -0.298 e. The molecule has 1 saturated carbocycles. The highest BCUT2D eigenvalue weighted by Gasteiger charge is 2.15. The van der Waals surface area contributed by atoms with Crippen LogP contribution in [-0.4, -0.2) is 10.9 Å². The minimum atomic E-state index is -0.156. The van der Waals surface area contributed by atoms with Crippen LogP contribution < -0.4 is 5.32 Å². The lowest BCUT2D eigenvalue weighted by Crippen LogP contribution is -2.07. The Morgan fingerprint density at radius 3 is 2.63 bits per heavy atom. The van der Waals surface area contributed by atoms with E-state index in [1.165, 1.54) is 49.0 Å². The summed E-state index contributed by atoms with van der Waals surface area (Å²) in [6.45, 7) is 0. The Kier molecular flexibility index (Phi) is 5.80. The molecule has 5 heteroatoms. The molecule has 1 aromatic carbocycles. The lowest BCUT2D eigenvalue weighted by atomic mass is 9.84. The van der Waals surface area contributed by atoms with Crippen molar-refractivity contribution in [3.8, 4) is 11.3 Å². The Morgan fingerprint density at radius 2 is 1.89 bits per heavy atom. The molecule has 0 saturated heterocycles. The van der Waals surface area contributed by atoms with E-state index in [0.29, 0.717) is 11.0 Å². The van der Waals surface area contributed by atoms with Gasteiger partial charge in [-0.15, -0.1) is 22.7 Å².